The Hall–Kier alpha value is -5.13. The lowest BCUT2D eigenvalue weighted by Crippen LogP contribution is -2.71. The molecule has 13 N–H and O–H groups in total. The van der Waals surface area contributed by atoms with Crippen LogP contribution in [0.15, 0.2) is 22.6 Å². The Morgan fingerprint density at radius 2 is 1.81 bits per heavy atom. The number of nitrogen functional groups attached to an aromatic ring is 2. The number of fused-ring (bicyclic) bond motifs is 1. The molecular formula is C25H37N13O12S3. The summed E-state index contributed by atoms with van der Waals surface area (Å²) in [4.78, 5) is 74.8. The molecule has 1 fully saturated rings. The lowest BCUT2D eigenvalue weighted by atomic mass is 10.0. The molecule has 25 nitrogen and oxygen atoms in total. The Morgan fingerprint density at radius 3 is 2.32 bits per heavy atom. The fraction of sp³-hybridized carbons (Fsp3) is 0.480. The Kier molecular flexibility index (Phi) is 13.7. The van der Waals surface area contributed by atoms with E-state index in [0.717, 1.165) is 16.4 Å². The molecule has 4 heterocycles. The highest BCUT2D eigenvalue weighted by molar-refractivity contribution is 8.00. The summed E-state index contributed by atoms with van der Waals surface area (Å²) in [5, 5.41) is 27.6. The smallest absolute Gasteiger partial charge is 0.352 e. The molecule has 28 heteroatoms. The van der Waals surface area contributed by atoms with E-state index in [2.05, 4.69) is 25.1 Å². The highest BCUT2D eigenvalue weighted by atomic mass is 32.3. The SMILES string of the molecule is Cn1c(N)c(NC(=O)N(CCN)CCN)c[n+]1CC1=C(C(=O)O)N2C(=O)[C@@H](NC(=O)/C(=N\OC(C)(C)C(=O)O)c3nsc(N)n3)C2SC1.O=S(=O)([O-])O. The number of carboxylic acid groups (broad SMARTS) is 2. The highest BCUT2D eigenvalue weighted by Crippen LogP contribution is 2.40. The number of amides is 4. The highest BCUT2D eigenvalue weighted by Gasteiger charge is 2.55. The van der Waals surface area contributed by atoms with Gasteiger partial charge in [0, 0.05) is 49.0 Å². The van der Waals surface area contributed by atoms with Gasteiger partial charge in [-0.2, -0.15) is 9.36 Å². The van der Waals surface area contributed by atoms with Crippen molar-refractivity contribution in [2.75, 3.05) is 48.7 Å². The number of rotatable bonds is 14. The minimum Gasteiger partial charge on any atom is -0.726 e. The maximum atomic E-state index is 13.3. The second kappa shape index (κ2) is 17.1. The van der Waals surface area contributed by atoms with E-state index in [9.17, 15) is 34.2 Å². The van der Waals surface area contributed by atoms with Crippen molar-refractivity contribution in [1.82, 2.24) is 29.2 Å². The molecule has 2 aliphatic rings. The van der Waals surface area contributed by atoms with Gasteiger partial charge in [0.05, 0.1) is 7.05 Å². The Labute approximate surface area is 308 Å². The van der Waals surface area contributed by atoms with Crippen LogP contribution in [-0.4, -0.2) is 136 Å². The van der Waals surface area contributed by atoms with Crippen LogP contribution in [0.5, 0.6) is 0 Å². The number of thioether (sulfide) groups is 1. The minimum absolute atomic E-state index is 0.00152. The molecule has 0 radical (unpaired) electrons. The van der Waals surface area contributed by atoms with E-state index in [-0.39, 0.29) is 66.6 Å². The summed E-state index contributed by atoms with van der Waals surface area (Å²) in [7, 11) is -3.30. The Balaban J connectivity index is 0.00000141. The third kappa shape index (κ3) is 10.5. The van der Waals surface area contributed by atoms with Crippen molar-refractivity contribution in [1.29, 1.82) is 0 Å². The fourth-order valence-corrected chi connectivity index (χ4v) is 6.38. The van der Waals surface area contributed by atoms with E-state index in [0.29, 0.717) is 5.57 Å². The van der Waals surface area contributed by atoms with Gasteiger partial charge in [0.25, 0.3) is 11.8 Å². The summed E-state index contributed by atoms with van der Waals surface area (Å²) >= 11 is 1.96. The molecule has 292 valence electrons. The van der Waals surface area contributed by atoms with Crippen molar-refractivity contribution in [2.24, 2.45) is 23.7 Å². The van der Waals surface area contributed by atoms with Gasteiger partial charge < -0.3 is 52.8 Å². The van der Waals surface area contributed by atoms with E-state index >= 15 is 0 Å². The van der Waals surface area contributed by atoms with Gasteiger partial charge in [-0.05, 0) is 13.8 Å². The number of anilines is 3. The quantitative estimate of drug-likeness (QED) is 0.0220. The Bertz CT molecular complexity index is 1910. The average Bonchev–Trinajstić information content (AvgIpc) is 3.60. The third-order valence-corrected chi connectivity index (χ3v) is 9.14. The van der Waals surface area contributed by atoms with Gasteiger partial charge in [-0.25, -0.2) is 22.8 Å². The van der Waals surface area contributed by atoms with Crippen molar-refractivity contribution >= 4 is 85.8 Å². The van der Waals surface area contributed by atoms with Gasteiger partial charge in [0.2, 0.25) is 33.7 Å². The third-order valence-electron chi connectivity index (χ3n) is 7.25. The first-order chi connectivity index (χ1) is 24.6. The predicted octanol–water partition coefficient (Wildman–Crippen LogP) is -3.89. The summed E-state index contributed by atoms with van der Waals surface area (Å²) in [6, 6.07) is -1.63. The van der Waals surface area contributed by atoms with Crippen LogP contribution in [0.4, 0.5) is 21.4 Å². The van der Waals surface area contributed by atoms with Crippen LogP contribution >= 0.6 is 23.3 Å². The first kappa shape index (κ1) is 42.3. The normalized spacial score (nSPS) is 17.2. The summed E-state index contributed by atoms with van der Waals surface area (Å²) in [5.74, 6) is -4.32. The molecule has 1 unspecified atom stereocenters. The topological polar surface area (TPSA) is 394 Å². The summed E-state index contributed by atoms with van der Waals surface area (Å²) in [6.07, 6.45) is 1.54. The zero-order valence-electron chi connectivity index (χ0n) is 28.2. The van der Waals surface area contributed by atoms with E-state index < -0.39 is 62.9 Å². The largest absolute Gasteiger partial charge is 0.726 e. The van der Waals surface area contributed by atoms with Crippen molar-refractivity contribution in [3.63, 3.8) is 0 Å². The molecule has 0 saturated carbocycles. The van der Waals surface area contributed by atoms with Gasteiger partial charge in [0.15, 0.2) is 23.2 Å². The molecule has 0 spiro atoms. The molecule has 2 aromatic heterocycles. The number of nitrogens with one attached hydrogen (secondary N) is 2. The van der Waals surface area contributed by atoms with Crippen molar-refractivity contribution < 1.29 is 61.2 Å². The second-order valence-electron chi connectivity index (χ2n) is 11.4. The summed E-state index contributed by atoms with van der Waals surface area (Å²) in [5.41, 5.74) is 21.1. The van der Waals surface area contributed by atoms with Crippen LogP contribution in [0, 0.1) is 0 Å². The van der Waals surface area contributed by atoms with Crippen molar-refractivity contribution in [3.8, 4) is 0 Å². The molecule has 53 heavy (non-hydrogen) atoms. The average molecular weight is 808 g/mol. The van der Waals surface area contributed by atoms with Crippen LogP contribution in [0.1, 0.15) is 19.7 Å². The first-order valence-corrected chi connectivity index (χ1v) is 18.1. The standard InChI is InChI=1S/C25H35N13O8S2.H2O4S/c1-25(2,22(43)44)46-33-13(17-32-23(29)48-34-17)18(39)31-14-19(40)38-15(21(41)42)11(10-47-20(14)38)8-37-9-12(16(28)35(37)3)30-24(45)36(6-4-26)7-5-27;1-5(2,3)4/h9,14,20,28H,4-8,10,26-27H2,1-3H3,(H6,29,30,31,32,34,39,41,42,43,44,45);(H2,1,2,3,4)/b33-13-;/t14-,20?;/m1./s1. The van der Waals surface area contributed by atoms with Crippen LogP contribution in [-0.2, 0) is 48.0 Å². The maximum Gasteiger partial charge on any atom is 0.352 e. The number of urea groups is 1. The number of oxime groups is 1. The number of nitrogens with two attached hydrogens (primary N) is 4. The van der Waals surface area contributed by atoms with E-state index in [1.54, 1.807) is 11.7 Å². The lowest BCUT2D eigenvalue weighted by molar-refractivity contribution is -0.765. The second-order valence-corrected chi connectivity index (χ2v) is 14.1. The van der Waals surface area contributed by atoms with E-state index in [1.165, 1.54) is 41.4 Å². The molecule has 1 saturated heterocycles. The molecule has 2 aliphatic heterocycles. The molecule has 2 atom stereocenters. The number of carbonyl (C=O) groups is 5. The van der Waals surface area contributed by atoms with Crippen LogP contribution < -0.4 is 38.3 Å². The molecule has 4 amide bonds. The van der Waals surface area contributed by atoms with Gasteiger partial charge in [0.1, 0.15) is 17.1 Å². The first-order valence-electron chi connectivity index (χ1n) is 14.9. The molecule has 2 aromatic rings. The number of carboxylic acids is 2. The number of aromatic nitrogens is 4. The maximum absolute atomic E-state index is 13.3. The van der Waals surface area contributed by atoms with Crippen LogP contribution in [0.3, 0.4) is 0 Å². The minimum atomic E-state index is -4.92. The monoisotopic (exact) mass is 807 g/mol. The zero-order valence-corrected chi connectivity index (χ0v) is 30.6. The van der Waals surface area contributed by atoms with Crippen molar-refractivity contribution in [2.45, 2.75) is 37.4 Å². The van der Waals surface area contributed by atoms with E-state index in [4.69, 9.17) is 45.3 Å². The lowest BCUT2D eigenvalue weighted by Gasteiger charge is -2.49. The van der Waals surface area contributed by atoms with Gasteiger partial charge in [-0.1, -0.05) is 5.16 Å². The van der Waals surface area contributed by atoms with Gasteiger partial charge >= 0.3 is 18.0 Å². The molecule has 0 aromatic carbocycles. The van der Waals surface area contributed by atoms with Gasteiger partial charge in [-0.15, -0.1) is 21.1 Å². The fourth-order valence-electron chi connectivity index (χ4n) is 4.61. The number of hydrogen-bond donors (Lipinski definition) is 9. The van der Waals surface area contributed by atoms with Crippen molar-refractivity contribution in [3.05, 3.63) is 23.3 Å². The number of β-lactam (4-membered cyclic amide) rings is 1. The number of carbonyl (C=O) groups excluding carboxylic acids is 3. The Morgan fingerprint density at radius 1 is 1.21 bits per heavy atom. The summed E-state index contributed by atoms with van der Waals surface area (Å²) < 4.78 is 39.9. The van der Waals surface area contributed by atoms with Crippen LogP contribution in [0.25, 0.3) is 0 Å². The predicted molar refractivity (Wildman–Crippen MR) is 184 cm³/mol. The zero-order chi connectivity index (χ0) is 40.0. The number of aliphatic carboxylic acids is 2. The van der Waals surface area contributed by atoms with E-state index in [1.807, 2.05) is 0 Å². The van der Waals surface area contributed by atoms with Gasteiger partial charge in [-0.3, -0.25) is 24.4 Å². The number of nitrogens with zero attached hydrogens (tertiary/aromatic N) is 7. The molecule has 0 aliphatic carbocycles. The van der Waals surface area contributed by atoms with Crippen LogP contribution in [0.2, 0.25) is 0 Å². The molecule has 0 bridgehead atoms. The summed E-state index contributed by atoms with van der Waals surface area (Å²) in [6.45, 7) is 3.42. The molecular weight excluding hydrogens is 771 g/mol. The molecule has 4 rings (SSSR count). The number of hydrogen-bond acceptors (Lipinski definition) is 18.